The number of nitrogens with zero attached hydrogens (tertiary/aromatic N) is 1. The van der Waals surface area contributed by atoms with Crippen molar-refractivity contribution >= 4 is 60.1 Å². The van der Waals surface area contributed by atoms with Gasteiger partial charge in [-0.2, -0.15) is 0 Å². The highest BCUT2D eigenvalue weighted by Crippen LogP contribution is 2.41. The molecule has 0 radical (unpaired) electrons. The minimum absolute atomic E-state index is 0. The average Bonchev–Trinajstić information content (AvgIpc) is 2.81. The lowest BCUT2D eigenvalue weighted by atomic mass is 9.86. The van der Waals surface area contributed by atoms with Gasteiger partial charge in [0.1, 0.15) is 6.54 Å². The van der Waals surface area contributed by atoms with E-state index in [1.54, 1.807) is 26.0 Å². The van der Waals surface area contributed by atoms with Gasteiger partial charge in [0.25, 0.3) is 0 Å². The molecule has 182 valence electrons. The van der Waals surface area contributed by atoms with Gasteiger partial charge in [-0.25, -0.2) is 0 Å². The van der Waals surface area contributed by atoms with E-state index in [4.69, 9.17) is 20.9 Å². The van der Waals surface area contributed by atoms with Crippen molar-refractivity contribution in [2.45, 2.75) is 43.4 Å². The van der Waals surface area contributed by atoms with Gasteiger partial charge in [0.2, 0.25) is 5.91 Å². The van der Waals surface area contributed by atoms with E-state index in [0.717, 1.165) is 11.3 Å². The second kappa shape index (κ2) is 15.3. The van der Waals surface area contributed by atoms with Crippen molar-refractivity contribution in [1.82, 2.24) is 0 Å². The van der Waals surface area contributed by atoms with Crippen LogP contribution in [-0.2, 0) is 23.9 Å². The van der Waals surface area contributed by atoms with Gasteiger partial charge in [-0.3, -0.25) is 19.3 Å². The summed E-state index contributed by atoms with van der Waals surface area (Å²) in [6.45, 7) is 4.11. The summed E-state index contributed by atoms with van der Waals surface area (Å²) in [4.78, 5) is 40.8. The highest BCUT2D eigenvalue weighted by Gasteiger charge is 2.44. The Balaban J connectivity index is 0.00000480. The van der Waals surface area contributed by atoms with E-state index in [0.29, 0.717) is 25.1 Å². The van der Waals surface area contributed by atoms with Crippen LogP contribution in [0.3, 0.4) is 0 Å². The third-order valence-electron chi connectivity index (χ3n) is 4.91. The molecule has 1 aliphatic heterocycles. The molecule has 0 spiro atoms. The van der Waals surface area contributed by atoms with E-state index in [9.17, 15) is 14.4 Å². The van der Waals surface area contributed by atoms with E-state index in [-0.39, 0.29) is 50.5 Å². The Morgan fingerprint density at radius 1 is 1.12 bits per heavy atom. The maximum Gasteiger partial charge on any atom is 0.326 e. The highest BCUT2D eigenvalue weighted by molar-refractivity contribution is 8.00. The molecule has 0 fully saturated rings. The quantitative estimate of drug-likeness (QED) is 0.364. The van der Waals surface area contributed by atoms with Crippen molar-refractivity contribution in [2.75, 3.05) is 31.2 Å². The lowest BCUT2D eigenvalue weighted by Crippen LogP contribution is -2.49. The number of esters is 2. The van der Waals surface area contributed by atoms with Crippen LogP contribution in [0, 0.1) is 11.8 Å². The first-order valence-corrected chi connectivity index (χ1v) is 11.2. The summed E-state index contributed by atoms with van der Waals surface area (Å²) in [5.41, 5.74) is 12.6. The van der Waals surface area contributed by atoms with Gasteiger partial charge >= 0.3 is 11.9 Å². The maximum absolute atomic E-state index is 13.6. The molecule has 1 aromatic rings. The number of carbonyl (C=O) groups is 3. The Morgan fingerprint density at radius 3 is 2.41 bits per heavy atom. The van der Waals surface area contributed by atoms with Gasteiger partial charge in [-0.15, -0.1) is 36.6 Å². The van der Waals surface area contributed by atoms with Crippen molar-refractivity contribution < 1.29 is 23.9 Å². The summed E-state index contributed by atoms with van der Waals surface area (Å²) in [6, 6.07) is 7.25. The molecule has 1 aliphatic rings. The number of unbranched alkanes of at least 4 members (excludes halogenated alkanes) is 1. The van der Waals surface area contributed by atoms with E-state index < -0.39 is 29.1 Å². The summed E-state index contributed by atoms with van der Waals surface area (Å²) in [7, 11) is 0. The number of halogens is 2. The normalized spacial score (nSPS) is 18.4. The predicted molar refractivity (Wildman–Crippen MR) is 130 cm³/mol. The number of rotatable bonds is 10. The largest absolute Gasteiger partial charge is 0.466 e. The molecular weight excluding hydrogens is 477 g/mol. The van der Waals surface area contributed by atoms with Crippen LogP contribution in [0.2, 0.25) is 0 Å². The highest BCUT2D eigenvalue weighted by atomic mass is 35.5. The zero-order valence-electron chi connectivity index (χ0n) is 18.4. The first-order valence-electron chi connectivity index (χ1n) is 10.3. The number of hydrogen-bond acceptors (Lipinski definition) is 8. The van der Waals surface area contributed by atoms with Crippen LogP contribution in [0.15, 0.2) is 29.2 Å². The molecule has 0 saturated heterocycles. The molecule has 8 nitrogen and oxygen atoms in total. The van der Waals surface area contributed by atoms with Crippen molar-refractivity contribution in [1.29, 1.82) is 0 Å². The first-order chi connectivity index (χ1) is 14.4. The standard InChI is InChI=1S/C21H31N3O5S.2ClH/c1-3-28-17(25)13-24-15-10-5-6-11-16(15)30-19(23)18(20(24)26)14(9-7-8-12-22)21(27)29-4-2;;/h5-6,10-11,14,18-19H,3-4,7-9,12-13,22-23H2,1-2H3;2*1H/t14?,18-,19?;;/m0../s1. The molecule has 2 rings (SSSR count). The summed E-state index contributed by atoms with van der Waals surface area (Å²) in [5.74, 6) is -2.90. The summed E-state index contributed by atoms with van der Waals surface area (Å²) in [5, 5.41) is -0.668. The second-order valence-electron chi connectivity index (χ2n) is 6.95. The third kappa shape index (κ3) is 7.81. The molecule has 0 aliphatic carbocycles. The fourth-order valence-electron chi connectivity index (χ4n) is 3.54. The number of benzene rings is 1. The number of hydrogen-bond donors (Lipinski definition) is 2. The molecule has 32 heavy (non-hydrogen) atoms. The van der Waals surface area contributed by atoms with Crippen LogP contribution in [0.4, 0.5) is 5.69 Å². The second-order valence-corrected chi connectivity index (χ2v) is 8.17. The topological polar surface area (TPSA) is 125 Å². The van der Waals surface area contributed by atoms with Crippen molar-refractivity contribution in [3.8, 4) is 0 Å². The summed E-state index contributed by atoms with van der Waals surface area (Å²) in [6.07, 6.45) is 1.84. The Bertz CT molecular complexity index is 756. The lowest BCUT2D eigenvalue weighted by Gasteiger charge is -2.30. The maximum atomic E-state index is 13.6. The molecular formula is C21H33Cl2N3O5S. The molecule has 1 heterocycles. The van der Waals surface area contributed by atoms with Crippen molar-refractivity contribution in [2.24, 2.45) is 23.3 Å². The Morgan fingerprint density at radius 2 is 1.78 bits per heavy atom. The molecule has 2 unspecified atom stereocenters. The van der Waals surface area contributed by atoms with Crippen LogP contribution in [0.5, 0.6) is 0 Å². The number of carbonyl (C=O) groups excluding carboxylic acids is 3. The fourth-order valence-corrected chi connectivity index (χ4v) is 4.74. The zero-order valence-corrected chi connectivity index (χ0v) is 20.8. The van der Waals surface area contributed by atoms with Gasteiger partial charge in [0, 0.05) is 4.90 Å². The van der Waals surface area contributed by atoms with Crippen LogP contribution in [0.1, 0.15) is 33.1 Å². The first kappa shape index (κ1) is 30.5. The lowest BCUT2D eigenvalue weighted by molar-refractivity contribution is -0.152. The molecule has 11 heteroatoms. The van der Waals surface area contributed by atoms with Gasteiger partial charge < -0.3 is 20.9 Å². The number of para-hydroxylation sites is 1. The van der Waals surface area contributed by atoms with Crippen molar-refractivity contribution in [3.05, 3.63) is 24.3 Å². The minimum Gasteiger partial charge on any atom is -0.466 e. The molecule has 0 bridgehead atoms. The van der Waals surface area contributed by atoms with E-state index in [1.807, 2.05) is 12.1 Å². The molecule has 1 amide bonds. The molecule has 3 atom stereocenters. The molecule has 0 saturated carbocycles. The van der Waals surface area contributed by atoms with Gasteiger partial charge in [0.05, 0.1) is 36.1 Å². The average molecular weight is 510 g/mol. The summed E-state index contributed by atoms with van der Waals surface area (Å²) >= 11 is 1.32. The van der Waals surface area contributed by atoms with Crippen molar-refractivity contribution in [3.63, 3.8) is 0 Å². The van der Waals surface area contributed by atoms with Crippen LogP contribution in [0.25, 0.3) is 0 Å². The minimum atomic E-state index is -0.839. The van der Waals surface area contributed by atoms with Gasteiger partial charge in [-0.1, -0.05) is 18.6 Å². The van der Waals surface area contributed by atoms with Crippen LogP contribution < -0.4 is 16.4 Å². The molecule has 0 aromatic heterocycles. The number of nitrogens with two attached hydrogens (primary N) is 2. The number of amides is 1. The van der Waals surface area contributed by atoms with Gasteiger partial charge in [-0.05, 0) is 45.4 Å². The van der Waals surface area contributed by atoms with Crippen LogP contribution in [-0.4, -0.2) is 49.5 Å². The Hall–Kier alpha value is -1.52. The molecule has 1 aromatic carbocycles. The molecule has 4 N–H and O–H groups in total. The third-order valence-corrected chi connectivity index (χ3v) is 6.07. The Kier molecular flexibility index (Phi) is 14.6. The number of anilines is 1. The smallest absolute Gasteiger partial charge is 0.326 e. The fraction of sp³-hybridized carbons (Fsp3) is 0.571. The Labute approximate surface area is 205 Å². The number of thioether (sulfide) groups is 1. The van der Waals surface area contributed by atoms with E-state index in [1.165, 1.54) is 16.7 Å². The predicted octanol–water partition coefficient (Wildman–Crippen LogP) is 2.74. The van der Waals surface area contributed by atoms with Crippen LogP contribution >= 0.6 is 36.6 Å². The van der Waals surface area contributed by atoms with E-state index >= 15 is 0 Å². The zero-order chi connectivity index (χ0) is 22.1. The van der Waals surface area contributed by atoms with E-state index in [2.05, 4.69) is 0 Å². The summed E-state index contributed by atoms with van der Waals surface area (Å²) < 4.78 is 10.3. The SMILES string of the molecule is CCOC(=O)CN1C(=O)[C@@H](C(CCCCN)C(=O)OCC)C(N)Sc2ccccc21.Cl.Cl. The number of fused-ring (bicyclic) bond motifs is 1. The van der Waals surface area contributed by atoms with Gasteiger partial charge in [0.15, 0.2) is 0 Å². The monoisotopic (exact) mass is 509 g/mol. The number of ether oxygens (including phenoxy) is 2.